The molecule has 0 heterocycles. The number of carbonyl (C=O) groups excluding carboxylic acids is 1. The Bertz CT molecular complexity index is 351. The zero-order chi connectivity index (χ0) is 11.1. The molecule has 0 aliphatic carbocycles. The van der Waals surface area contributed by atoms with Crippen LogP contribution in [0.1, 0.15) is 5.56 Å². The maximum absolute atomic E-state index is 10.8. The first-order valence-electron chi connectivity index (χ1n) is 4.51. The highest BCUT2D eigenvalue weighted by Gasteiger charge is 2.11. The lowest BCUT2D eigenvalue weighted by molar-refractivity contribution is 0.0555. The first-order valence-corrected chi connectivity index (χ1v) is 4.51. The Morgan fingerprint density at radius 1 is 1.47 bits per heavy atom. The van der Waals surface area contributed by atoms with Crippen LogP contribution in [0.3, 0.4) is 0 Å². The van der Waals surface area contributed by atoms with E-state index >= 15 is 0 Å². The highest BCUT2D eigenvalue weighted by atomic mass is 16.7. The molecule has 1 aromatic carbocycles. The molecule has 0 bridgehead atoms. The highest BCUT2D eigenvalue weighted by molar-refractivity contribution is 5.60. The molecule has 0 saturated carbocycles. The Kier molecular flexibility index (Phi) is 4.24. The van der Waals surface area contributed by atoms with Crippen LogP contribution < -0.4 is 0 Å². The Morgan fingerprint density at radius 3 is 2.67 bits per heavy atom. The monoisotopic (exact) mass is 204 g/mol. The van der Waals surface area contributed by atoms with E-state index in [1.165, 1.54) is 7.11 Å². The SMILES string of the molecule is C#C[C@@H](Cc1ccccc1)OC(=O)OC. The average molecular weight is 204 g/mol. The molecular weight excluding hydrogens is 192 g/mol. The minimum atomic E-state index is -0.756. The summed E-state index contributed by atoms with van der Waals surface area (Å²) in [5.41, 5.74) is 1.02. The van der Waals surface area contributed by atoms with Crippen molar-refractivity contribution >= 4 is 6.16 Å². The van der Waals surface area contributed by atoms with Gasteiger partial charge in [0.15, 0.2) is 6.10 Å². The summed E-state index contributed by atoms with van der Waals surface area (Å²) in [6, 6.07) is 9.56. The molecule has 0 radical (unpaired) electrons. The van der Waals surface area contributed by atoms with Crippen LogP contribution in [-0.4, -0.2) is 19.4 Å². The number of benzene rings is 1. The number of hydrogen-bond acceptors (Lipinski definition) is 3. The first-order chi connectivity index (χ1) is 7.26. The average Bonchev–Trinajstić information content (AvgIpc) is 2.29. The van der Waals surface area contributed by atoms with Crippen molar-refractivity contribution in [3.8, 4) is 12.3 Å². The van der Waals surface area contributed by atoms with Gasteiger partial charge in [-0.1, -0.05) is 36.3 Å². The second-order valence-corrected chi connectivity index (χ2v) is 2.92. The normalized spacial score (nSPS) is 11.2. The van der Waals surface area contributed by atoms with Crippen LogP contribution in [0.2, 0.25) is 0 Å². The molecule has 3 heteroatoms. The Balaban J connectivity index is 2.55. The van der Waals surface area contributed by atoms with Crippen LogP contribution in [0.25, 0.3) is 0 Å². The standard InChI is InChI=1S/C12H12O3/c1-3-11(15-12(13)14-2)9-10-7-5-4-6-8-10/h1,4-8,11H,9H2,2H3/t11-/m0/s1. The maximum atomic E-state index is 10.8. The zero-order valence-electron chi connectivity index (χ0n) is 8.47. The van der Waals surface area contributed by atoms with Gasteiger partial charge in [-0.25, -0.2) is 4.79 Å². The van der Waals surface area contributed by atoms with Gasteiger partial charge in [-0.05, 0) is 5.56 Å². The minimum Gasteiger partial charge on any atom is -0.438 e. The number of methoxy groups -OCH3 is 1. The van der Waals surface area contributed by atoms with E-state index < -0.39 is 12.3 Å². The molecule has 0 aromatic heterocycles. The van der Waals surface area contributed by atoms with Crippen LogP contribution in [-0.2, 0) is 15.9 Å². The fraction of sp³-hybridized carbons (Fsp3) is 0.250. The van der Waals surface area contributed by atoms with Crippen molar-refractivity contribution in [2.45, 2.75) is 12.5 Å². The van der Waals surface area contributed by atoms with Gasteiger partial charge in [0.05, 0.1) is 7.11 Å². The molecule has 0 amide bonds. The first kappa shape index (κ1) is 11.1. The van der Waals surface area contributed by atoms with Gasteiger partial charge < -0.3 is 9.47 Å². The number of carbonyl (C=O) groups is 1. The third-order valence-corrected chi connectivity index (χ3v) is 1.85. The summed E-state index contributed by atoms with van der Waals surface area (Å²) < 4.78 is 9.22. The maximum Gasteiger partial charge on any atom is 0.509 e. The molecule has 15 heavy (non-hydrogen) atoms. The summed E-state index contributed by atoms with van der Waals surface area (Å²) in [7, 11) is 1.25. The van der Waals surface area contributed by atoms with Gasteiger partial charge in [-0.2, -0.15) is 0 Å². The number of rotatable bonds is 3. The second kappa shape index (κ2) is 5.71. The minimum absolute atomic E-state index is 0.493. The molecular formula is C12H12O3. The molecule has 0 spiro atoms. The van der Waals surface area contributed by atoms with Gasteiger partial charge in [0.25, 0.3) is 0 Å². The third kappa shape index (κ3) is 3.74. The molecule has 0 aliphatic rings. The van der Waals surface area contributed by atoms with Gasteiger partial charge >= 0.3 is 6.16 Å². The molecule has 3 nitrogen and oxygen atoms in total. The number of ether oxygens (including phenoxy) is 2. The van der Waals surface area contributed by atoms with Gasteiger partial charge in [-0.3, -0.25) is 0 Å². The quantitative estimate of drug-likeness (QED) is 0.558. The predicted octanol–water partition coefficient (Wildman–Crippen LogP) is 2.01. The number of terminal acetylenes is 1. The van der Waals surface area contributed by atoms with E-state index in [0.29, 0.717) is 6.42 Å². The smallest absolute Gasteiger partial charge is 0.438 e. The number of hydrogen-bond donors (Lipinski definition) is 0. The molecule has 1 aromatic rings. The van der Waals surface area contributed by atoms with Gasteiger partial charge in [0.1, 0.15) is 0 Å². The molecule has 0 aliphatic heterocycles. The summed E-state index contributed by atoms with van der Waals surface area (Å²) in [4.78, 5) is 10.8. The van der Waals surface area contributed by atoms with Crippen molar-refractivity contribution in [3.05, 3.63) is 35.9 Å². The summed E-state index contributed by atoms with van der Waals surface area (Å²) in [6.45, 7) is 0. The van der Waals surface area contributed by atoms with Crippen molar-refractivity contribution in [1.82, 2.24) is 0 Å². The summed E-state index contributed by atoms with van der Waals surface area (Å²) in [5.74, 6) is 2.39. The van der Waals surface area contributed by atoms with E-state index in [4.69, 9.17) is 11.2 Å². The largest absolute Gasteiger partial charge is 0.509 e. The molecule has 1 rings (SSSR count). The van der Waals surface area contributed by atoms with Gasteiger partial charge in [0, 0.05) is 6.42 Å². The van der Waals surface area contributed by atoms with E-state index in [0.717, 1.165) is 5.56 Å². The fourth-order valence-electron chi connectivity index (χ4n) is 1.13. The molecule has 0 N–H and O–H groups in total. The molecule has 78 valence electrons. The fourth-order valence-corrected chi connectivity index (χ4v) is 1.13. The zero-order valence-corrected chi connectivity index (χ0v) is 8.47. The third-order valence-electron chi connectivity index (χ3n) is 1.85. The van der Waals surface area contributed by atoms with Crippen LogP contribution in [0.4, 0.5) is 4.79 Å². The van der Waals surface area contributed by atoms with E-state index in [9.17, 15) is 4.79 Å². The van der Waals surface area contributed by atoms with Crippen molar-refractivity contribution in [3.63, 3.8) is 0 Å². The van der Waals surface area contributed by atoms with Crippen LogP contribution in [0.15, 0.2) is 30.3 Å². The summed E-state index contributed by atoms with van der Waals surface area (Å²) in [6.07, 6.45) is 4.39. The molecule has 0 unspecified atom stereocenters. The lowest BCUT2D eigenvalue weighted by Gasteiger charge is -2.10. The Hall–Kier alpha value is -1.95. The molecule has 1 atom stereocenters. The summed E-state index contributed by atoms with van der Waals surface area (Å²) >= 11 is 0. The van der Waals surface area contributed by atoms with E-state index in [2.05, 4.69) is 10.7 Å². The van der Waals surface area contributed by atoms with Crippen molar-refractivity contribution in [2.24, 2.45) is 0 Å². The van der Waals surface area contributed by atoms with Gasteiger partial charge in [-0.15, -0.1) is 6.42 Å². The lowest BCUT2D eigenvalue weighted by Crippen LogP contribution is -2.18. The predicted molar refractivity (Wildman–Crippen MR) is 56.3 cm³/mol. The molecule has 0 saturated heterocycles. The molecule has 0 fully saturated rings. The second-order valence-electron chi connectivity index (χ2n) is 2.92. The van der Waals surface area contributed by atoms with E-state index in [1.54, 1.807) is 0 Å². The van der Waals surface area contributed by atoms with Crippen LogP contribution in [0.5, 0.6) is 0 Å². The lowest BCUT2D eigenvalue weighted by atomic mass is 10.1. The Morgan fingerprint density at radius 2 is 2.13 bits per heavy atom. The van der Waals surface area contributed by atoms with E-state index in [1.807, 2.05) is 30.3 Å². The van der Waals surface area contributed by atoms with Gasteiger partial charge in [0.2, 0.25) is 0 Å². The Labute approximate surface area is 89.0 Å². The van der Waals surface area contributed by atoms with Crippen LogP contribution >= 0.6 is 0 Å². The van der Waals surface area contributed by atoms with Crippen molar-refractivity contribution in [2.75, 3.05) is 7.11 Å². The highest BCUT2D eigenvalue weighted by Crippen LogP contribution is 2.06. The van der Waals surface area contributed by atoms with E-state index in [-0.39, 0.29) is 0 Å². The summed E-state index contributed by atoms with van der Waals surface area (Å²) in [5, 5.41) is 0. The van der Waals surface area contributed by atoms with Crippen LogP contribution in [0, 0.1) is 12.3 Å². The van der Waals surface area contributed by atoms with Crippen molar-refractivity contribution in [1.29, 1.82) is 0 Å². The topological polar surface area (TPSA) is 35.5 Å². The van der Waals surface area contributed by atoms with Crippen molar-refractivity contribution < 1.29 is 14.3 Å².